The molecule has 0 heterocycles. The summed E-state index contributed by atoms with van der Waals surface area (Å²) in [7, 11) is 0. The van der Waals surface area contributed by atoms with E-state index in [4.69, 9.17) is 5.11 Å². The maximum absolute atomic E-state index is 11.8. The molecule has 0 saturated heterocycles. The van der Waals surface area contributed by atoms with Gasteiger partial charge in [0.2, 0.25) is 0 Å². The number of carbonyl (C=O) groups is 2. The molecule has 0 aromatic heterocycles. The Balaban J connectivity index is 2.52. The van der Waals surface area contributed by atoms with Gasteiger partial charge in [-0.2, -0.15) is 11.8 Å². The molecule has 0 saturated carbocycles. The lowest BCUT2D eigenvalue weighted by molar-refractivity contribution is -0.136. The van der Waals surface area contributed by atoms with Gasteiger partial charge in [0.05, 0.1) is 6.42 Å². The first-order valence-corrected chi connectivity index (χ1v) is 7.92. The minimum Gasteiger partial charge on any atom is -0.481 e. The lowest BCUT2D eigenvalue weighted by atomic mass is 10.0. The van der Waals surface area contributed by atoms with E-state index < -0.39 is 5.97 Å². The van der Waals surface area contributed by atoms with Gasteiger partial charge >= 0.3 is 12.0 Å². The van der Waals surface area contributed by atoms with E-state index in [1.807, 2.05) is 18.4 Å². The second-order valence-corrected chi connectivity index (χ2v) is 6.85. The monoisotopic (exact) mass is 310 g/mol. The maximum Gasteiger partial charge on any atom is 0.315 e. The number of aliphatic carboxylic acids is 1. The van der Waals surface area contributed by atoms with Crippen molar-refractivity contribution in [2.24, 2.45) is 0 Å². The van der Waals surface area contributed by atoms with Gasteiger partial charge in [-0.3, -0.25) is 4.79 Å². The Kier molecular flexibility index (Phi) is 6.55. The number of carboxylic acids is 1. The van der Waals surface area contributed by atoms with Gasteiger partial charge in [-0.05, 0) is 31.2 Å². The normalized spacial score (nSPS) is 11.0. The van der Waals surface area contributed by atoms with Crippen molar-refractivity contribution < 1.29 is 14.7 Å². The third-order valence-corrected chi connectivity index (χ3v) is 4.38. The molecule has 6 heteroatoms. The predicted molar refractivity (Wildman–Crippen MR) is 85.6 cm³/mol. The molecule has 0 aliphatic heterocycles. The topological polar surface area (TPSA) is 78.4 Å². The van der Waals surface area contributed by atoms with Gasteiger partial charge in [0.25, 0.3) is 0 Å². The minimum absolute atomic E-state index is 0.0153. The fraction of sp³-hybridized carbons (Fsp3) is 0.467. The molecule has 0 unspecified atom stereocenters. The molecule has 0 radical (unpaired) electrons. The number of carbonyl (C=O) groups excluding carboxylic acids is 1. The van der Waals surface area contributed by atoms with Crippen LogP contribution < -0.4 is 10.6 Å². The number of benzene rings is 1. The van der Waals surface area contributed by atoms with E-state index in [-0.39, 0.29) is 17.2 Å². The van der Waals surface area contributed by atoms with E-state index in [2.05, 4.69) is 24.5 Å². The molecule has 1 aromatic carbocycles. The summed E-state index contributed by atoms with van der Waals surface area (Å²) in [6.45, 7) is 4.99. The number of nitrogens with one attached hydrogen (secondary N) is 2. The summed E-state index contributed by atoms with van der Waals surface area (Å²) < 4.78 is -0.0153. The van der Waals surface area contributed by atoms with Crippen LogP contribution in [0.25, 0.3) is 0 Å². The first-order valence-electron chi connectivity index (χ1n) is 6.69. The molecule has 0 aliphatic carbocycles. The molecule has 21 heavy (non-hydrogen) atoms. The molecule has 3 N–H and O–H groups in total. The summed E-state index contributed by atoms with van der Waals surface area (Å²) in [5, 5.41) is 14.4. The van der Waals surface area contributed by atoms with E-state index in [1.54, 1.807) is 23.9 Å². The largest absolute Gasteiger partial charge is 0.481 e. The van der Waals surface area contributed by atoms with Gasteiger partial charge in [-0.25, -0.2) is 4.79 Å². The fourth-order valence-corrected chi connectivity index (χ4v) is 1.89. The predicted octanol–water partition coefficient (Wildman–Crippen LogP) is 2.25. The van der Waals surface area contributed by atoms with Crippen LogP contribution in [0.15, 0.2) is 24.3 Å². The van der Waals surface area contributed by atoms with Crippen molar-refractivity contribution in [3.63, 3.8) is 0 Å². The highest BCUT2D eigenvalue weighted by Crippen LogP contribution is 2.19. The third kappa shape index (κ3) is 6.53. The Morgan fingerprint density at radius 1 is 1.19 bits per heavy atom. The molecule has 0 bridgehead atoms. The van der Waals surface area contributed by atoms with Crippen LogP contribution in [-0.4, -0.2) is 34.7 Å². The number of hydrogen-bond acceptors (Lipinski definition) is 3. The standard InChI is InChI=1S/C15H22N2O3S/c1-15(2,21-3)10-17-14(20)16-9-12-7-5-4-6-11(12)8-13(18)19/h4-7H,8-10H2,1-3H3,(H,18,19)(H2,16,17,20). The first kappa shape index (κ1) is 17.4. The highest BCUT2D eigenvalue weighted by atomic mass is 32.2. The lowest BCUT2D eigenvalue weighted by Gasteiger charge is -2.22. The van der Waals surface area contributed by atoms with Crippen molar-refractivity contribution in [3.8, 4) is 0 Å². The van der Waals surface area contributed by atoms with Crippen LogP contribution >= 0.6 is 11.8 Å². The quantitative estimate of drug-likeness (QED) is 0.722. The van der Waals surface area contributed by atoms with Crippen LogP contribution in [0.1, 0.15) is 25.0 Å². The average Bonchev–Trinajstić information content (AvgIpc) is 2.44. The van der Waals surface area contributed by atoms with Crippen LogP contribution in [0.4, 0.5) is 4.79 Å². The molecule has 1 aromatic rings. The number of amides is 2. The summed E-state index contributed by atoms with van der Waals surface area (Å²) in [5.41, 5.74) is 1.54. The second kappa shape index (κ2) is 7.93. The van der Waals surface area contributed by atoms with Crippen LogP contribution in [0.2, 0.25) is 0 Å². The van der Waals surface area contributed by atoms with E-state index >= 15 is 0 Å². The third-order valence-electron chi connectivity index (χ3n) is 3.13. The zero-order valence-corrected chi connectivity index (χ0v) is 13.4. The number of urea groups is 1. The smallest absolute Gasteiger partial charge is 0.315 e. The van der Waals surface area contributed by atoms with Crippen molar-refractivity contribution in [3.05, 3.63) is 35.4 Å². The highest BCUT2D eigenvalue weighted by Gasteiger charge is 2.16. The van der Waals surface area contributed by atoms with Gasteiger partial charge in [0.15, 0.2) is 0 Å². The van der Waals surface area contributed by atoms with Crippen LogP contribution in [0.3, 0.4) is 0 Å². The van der Waals surface area contributed by atoms with Crippen molar-refractivity contribution in [1.29, 1.82) is 0 Å². The maximum atomic E-state index is 11.8. The summed E-state index contributed by atoms with van der Waals surface area (Å²) in [4.78, 5) is 22.6. The number of hydrogen-bond donors (Lipinski definition) is 3. The molecular weight excluding hydrogens is 288 g/mol. The lowest BCUT2D eigenvalue weighted by Crippen LogP contribution is -2.41. The minimum atomic E-state index is -0.881. The van der Waals surface area contributed by atoms with E-state index in [0.29, 0.717) is 13.1 Å². The molecule has 0 spiro atoms. The molecular formula is C15H22N2O3S. The van der Waals surface area contributed by atoms with Gasteiger partial charge < -0.3 is 15.7 Å². The molecule has 5 nitrogen and oxygen atoms in total. The SMILES string of the molecule is CSC(C)(C)CNC(=O)NCc1ccccc1CC(=O)O. The number of carboxylic acid groups (broad SMARTS) is 1. The molecule has 0 aliphatic rings. The van der Waals surface area contributed by atoms with E-state index in [0.717, 1.165) is 11.1 Å². The zero-order valence-electron chi connectivity index (χ0n) is 12.6. The molecule has 1 rings (SSSR count). The van der Waals surface area contributed by atoms with E-state index in [9.17, 15) is 9.59 Å². The van der Waals surface area contributed by atoms with Crippen molar-refractivity contribution in [2.75, 3.05) is 12.8 Å². The average molecular weight is 310 g/mol. The summed E-state index contributed by atoms with van der Waals surface area (Å²) in [6, 6.07) is 6.96. The Morgan fingerprint density at radius 3 is 2.38 bits per heavy atom. The van der Waals surface area contributed by atoms with Crippen molar-refractivity contribution in [2.45, 2.75) is 31.6 Å². The van der Waals surface area contributed by atoms with Crippen LogP contribution in [-0.2, 0) is 17.8 Å². The van der Waals surface area contributed by atoms with E-state index in [1.165, 1.54) is 0 Å². The summed E-state index contributed by atoms with van der Waals surface area (Å²) in [5.74, 6) is -0.881. The molecule has 116 valence electrons. The van der Waals surface area contributed by atoms with Crippen molar-refractivity contribution in [1.82, 2.24) is 10.6 Å². The van der Waals surface area contributed by atoms with Gasteiger partial charge in [-0.1, -0.05) is 24.3 Å². The fourth-order valence-electron chi connectivity index (χ4n) is 1.67. The molecule has 0 atom stereocenters. The Morgan fingerprint density at radius 2 is 1.81 bits per heavy atom. The summed E-state index contributed by atoms with van der Waals surface area (Å²) in [6.07, 6.45) is 1.96. The van der Waals surface area contributed by atoms with Gasteiger partial charge in [0.1, 0.15) is 0 Å². The van der Waals surface area contributed by atoms with Crippen LogP contribution in [0.5, 0.6) is 0 Å². The number of rotatable bonds is 7. The van der Waals surface area contributed by atoms with Gasteiger partial charge in [0, 0.05) is 17.8 Å². The molecule has 0 fully saturated rings. The Bertz CT molecular complexity index is 503. The highest BCUT2D eigenvalue weighted by molar-refractivity contribution is 7.99. The van der Waals surface area contributed by atoms with Crippen LogP contribution in [0, 0.1) is 0 Å². The Hall–Kier alpha value is -1.69. The number of thioether (sulfide) groups is 1. The first-order chi connectivity index (χ1) is 9.84. The summed E-state index contributed by atoms with van der Waals surface area (Å²) >= 11 is 1.69. The van der Waals surface area contributed by atoms with Crippen molar-refractivity contribution >= 4 is 23.8 Å². The Labute approximate surface area is 129 Å². The zero-order chi connectivity index (χ0) is 15.9. The molecule has 2 amide bonds. The van der Waals surface area contributed by atoms with Gasteiger partial charge in [-0.15, -0.1) is 0 Å². The second-order valence-electron chi connectivity index (χ2n) is 5.34.